The monoisotopic (exact) mass is 754 g/mol. The van der Waals surface area contributed by atoms with Crippen LogP contribution in [0.3, 0.4) is 0 Å². The second-order valence-electron chi connectivity index (χ2n) is 13.8. The van der Waals surface area contributed by atoms with Gasteiger partial charge in [-0.3, -0.25) is 0 Å². The van der Waals surface area contributed by atoms with Crippen LogP contribution in [-0.4, -0.2) is 29.9 Å². The molecular weight excluding hydrogens is 725 g/mol. The fourth-order valence-electron chi connectivity index (χ4n) is 7.57. The van der Waals surface area contributed by atoms with Crippen LogP contribution in [0, 0.1) is 0 Å². The van der Waals surface area contributed by atoms with Gasteiger partial charge in [-0.05, 0) is 36.6 Å². The van der Waals surface area contributed by atoms with Gasteiger partial charge in [0.05, 0.1) is 0 Å². The molecule has 1 aliphatic rings. The van der Waals surface area contributed by atoms with E-state index in [9.17, 15) is 0 Å². The number of allylic oxidation sites excluding steroid dienone is 1. The zero-order chi connectivity index (χ0) is 37.0. The van der Waals surface area contributed by atoms with E-state index in [-0.39, 0.29) is 0 Å². The molecule has 0 aliphatic heterocycles. The van der Waals surface area contributed by atoms with Crippen LogP contribution in [-0.2, 0) is 6.42 Å². The van der Waals surface area contributed by atoms with E-state index in [0.717, 1.165) is 66.4 Å². The Morgan fingerprint density at radius 3 is 1.61 bits per heavy atom. The largest absolute Gasteiger partial charge is 0.208 e. The molecule has 0 fully saturated rings. The summed E-state index contributed by atoms with van der Waals surface area (Å²) in [5, 5.41) is 3.51. The minimum absolute atomic E-state index is 0.640. The number of hydrogen-bond acceptors (Lipinski definition) is 8. The third-order valence-corrected chi connectivity index (χ3v) is 12.7. The highest BCUT2D eigenvalue weighted by Gasteiger charge is 2.21. The topological polar surface area (TPSA) is 77.3 Å². The number of nitrogens with zero attached hydrogens (tertiary/aromatic N) is 6. The normalized spacial score (nSPS) is 12.4. The Balaban J connectivity index is 1.07. The molecule has 0 spiro atoms. The minimum atomic E-state index is 0.640. The summed E-state index contributed by atoms with van der Waals surface area (Å²) in [7, 11) is 0. The highest BCUT2D eigenvalue weighted by atomic mass is 32.1. The van der Waals surface area contributed by atoms with Crippen molar-refractivity contribution in [2.45, 2.75) is 12.8 Å². The van der Waals surface area contributed by atoms with Gasteiger partial charge in [0.1, 0.15) is 0 Å². The Hall–Kier alpha value is -6.74. The Labute approximate surface area is 330 Å². The average Bonchev–Trinajstić information content (AvgIpc) is 3.85. The van der Waals surface area contributed by atoms with Crippen molar-refractivity contribution in [1.82, 2.24) is 29.9 Å². The summed E-state index contributed by atoms with van der Waals surface area (Å²) in [6.07, 6.45) is 6.68. The smallest absolute Gasteiger partial charge is 0.165 e. The van der Waals surface area contributed by atoms with Crippen molar-refractivity contribution in [2.75, 3.05) is 0 Å². The first-order valence-electron chi connectivity index (χ1n) is 18.6. The number of aromatic nitrogens is 6. The third-order valence-electron chi connectivity index (χ3n) is 10.3. The van der Waals surface area contributed by atoms with Crippen LogP contribution in [0.1, 0.15) is 16.9 Å². The highest BCUT2D eigenvalue weighted by molar-refractivity contribution is 7.26. The van der Waals surface area contributed by atoms with Gasteiger partial charge in [0, 0.05) is 68.5 Å². The SMILES string of the molecule is C1=Cc2c(sc3c(-c4nc(-c5ccccc5)nc(-c5ccc6c(c5)sc5cccc(-c7nc(-c8ccccc8)nc(-c8ccccc8)n7)c56)n4)cccc23)CC1. The molecule has 0 amide bonds. The zero-order valence-corrected chi connectivity index (χ0v) is 31.6. The highest BCUT2D eigenvalue weighted by Crippen LogP contribution is 2.43. The predicted octanol–water partition coefficient (Wildman–Crippen LogP) is 12.6. The van der Waals surface area contributed by atoms with Gasteiger partial charge < -0.3 is 0 Å². The predicted molar refractivity (Wildman–Crippen MR) is 231 cm³/mol. The fourth-order valence-corrected chi connectivity index (χ4v) is 10.1. The molecule has 11 rings (SSSR count). The lowest BCUT2D eigenvalue weighted by Gasteiger charge is -2.10. The lowest BCUT2D eigenvalue weighted by Crippen LogP contribution is -2.00. The summed E-state index contributed by atoms with van der Waals surface area (Å²) in [6.45, 7) is 0. The first-order valence-corrected chi connectivity index (χ1v) is 20.2. The van der Waals surface area contributed by atoms with Gasteiger partial charge in [0.2, 0.25) is 0 Å². The van der Waals surface area contributed by atoms with Crippen LogP contribution in [0.5, 0.6) is 0 Å². The molecule has 4 aromatic heterocycles. The van der Waals surface area contributed by atoms with Crippen molar-refractivity contribution in [3.05, 3.63) is 162 Å². The lowest BCUT2D eigenvalue weighted by molar-refractivity contribution is 1.02. The second-order valence-corrected chi connectivity index (χ2v) is 16.0. The van der Waals surface area contributed by atoms with E-state index in [1.165, 1.54) is 20.5 Å². The van der Waals surface area contributed by atoms with Gasteiger partial charge in [0.25, 0.3) is 0 Å². The number of benzene rings is 6. The molecule has 0 saturated heterocycles. The molecule has 8 heteroatoms. The first kappa shape index (κ1) is 32.7. The van der Waals surface area contributed by atoms with Crippen molar-refractivity contribution in [2.24, 2.45) is 0 Å². The Bertz CT molecular complexity index is 3080. The van der Waals surface area contributed by atoms with Gasteiger partial charge in [-0.2, -0.15) is 0 Å². The molecule has 0 unspecified atom stereocenters. The van der Waals surface area contributed by atoms with Crippen LogP contribution < -0.4 is 0 Å². The van der Waals surface area contributed by atoms with E-state index in [0.29, 0.717) is 34.9 Å². The number of fused-ring (bicyclic) bond motifs is 6. The van der Waals surface area contributed by atoms with Gasteiger partial charge >= 0.3 is 0 Å². The van der Waals surface area contributed by atoms with E-state index in [1.807, 2.05) is 90.2 Å². The molecule has 10 aromatic rings. The summed E-state index contributed by atoms with van der Waals surface area (Å²) in [6, 6.07) is 49.8. The van der Waals surface area contributed by atoms with Gasteiger partial charge in [-0.25, -0.2) is 29.9 Å². The quantitative estimate of drug-likeness (QED) is 0.168. The summed E-state index contributed by atoms with van der Waals surface area (Å²) in [4.78, 5) is 31.9. The molecule has 1 aliphatic carbocycles. The molecule has 0 radical (unpaired) electrons. The lowest BCUT2D eigenvalue weighted by atomic mass is 10.0. The molecule has 4 heterocycles. The molecule has 0 saturated carbocycles. The van der Waals surface area contributed by atoms with E-state index < -0.39 is 0 Å². The maximum Gasteiger partial charge on any atom is 0.165 e. The number of aryl methyl sites for hydroxylation is 1. The molecule has 0 atom stereocenters. The number of thiophene rings is 2. The maximum atomic E-state index is 5.20. The third kappa shape index (κ3) is 5.70. The Morgan fingerprint density at radius 2 is 0.964 bits per heavy atom. The number of rotatable bonds is 6. The summed E-state index contributed by atoms with van der Waals surface area (Å²) in [5.41, 5.74) is 7.10. The molecule has 6 nitrogen and oxygen atoms in total. The molecule has 264 valence electrons. The minimum Gasteiger partial charge on any atom is -0.208 e. The molecule has 6 aromatic carbocycles. The van der Waals surface area contributed by atoms with Crippen molar-refractivity contribution < 1.29 is 0 Å². The van der Waals surface area contributed by atoms with Gasteiger partial charge in [0.15, 0.2) is 34.9 Å². The van der Waals surface area contributed by atoms with Crippen LogP contribution in [0.2, 0.25) is 0 Å². The van der Waals surface area contributed by atoms with Gasteiger partial charge in [-0.15, -0.1) is 22.7 Å². The van der Waals surface area contributed by atoms with Crippen LogP contribution in [0.4, 0.5) is 0 Å². The average molecular weight is 755 g/mol. The van der Waals surface area contributed by atoms with E-state index in [4.69, 9.17) is 29.9 Å². The fraction of sp³-hybridized carbons (Fsp3) is 0.0417. The van der Waals surface area contributed by atoms with E-state index in [2.05, 4.69) is 78.9 Å². The number of hydrogen-bond donors (Lipinski definition) is 0. The zero-order valence-electron chi connectivity index (χ0n) is 29.9. The Morgan fingerprint density at radius 1 is 0.411 bits per heavy atom. The molecule has 0 N–H and O–H groups in total. The molecule has 0 bridgehead atoms. The summed E-state index contributed by atoms with van der Waals surface area (Å²) in [5.74, 6) is 3.90. The van der Waals surface area contributed by atoms with Crippen LogP contribution in [0.25, 0.3) is 105 Å². The summed E-state index contributed by atoms with van der Waals surface area (Å²) >= 11 is 3.61. The summed E-state index contributed by atoms with van der Waals surface area (Å²) < 4.78 is 3.51. The van der Waals surface area contributed by atoms with Gasteiger partial charge in [-0.1, -0.05) is 140 Å². The van der Waals surface area contributed by atoms with E-state index >= 15 is 0 Å². The van der Waals surface area contributed by atoms with E-state index in [1.54, 1.807) is 11.3 Å². The first-order chi connectivity index (χ1) is 27.7. The Kier molecular flexibility index (Phi) is 7.89. The maximum absolute atomic E-state index is 5.20. The van der Waals surface area contributed by atoms with Crippen molar-refractivity contribution in [3.8, 4) is 68.3 Å². The van der Waals surface area contributed by atoms with Crippen molar-refractivity contribution >= 4 is 59.0 Å². The van der Waals surface area contributed by atoms with Crippen LogP contribution >= 0.6 is 22.7 Å². The molecule has 56 heavy (non-hydrogen) atoms. The second kappa shape index (κ2) is 13.5. The molecular formula is C48H30N6S2. The van der Waals surface area contributed by atoms with Crippen molar-refractivity contribution in [3.63, 3.8) is 0 Å². The standard InChI is InChI=1S/C48H30N6S2/c1-4-14-29(15-5-1)43-49-44(30-16-6-2-7-17-30)52-47(51-43)36-22-13-25-39-41(36)35-27-26-32(28-40(35)55-39)46-50-45(31-18-8-3-9-19-31)53-48(54-46)37-23-12-21-34-33-20-10-11-24-38(33)56-42(34)37/h1-10,12-23,25-28H,11,24H2. The van der Waals surface area contributed by atoms with Crippen LogP contribution in [0.15, 0.2) is 152 Å². The van der Waals surface area contributed by atoms with Crippen molar-refractivity contribution in [1.29, 1.82) is 0 Å².